The van der Waals surface area contributed by atoms with Crippen molar-refractivity contribution in [3.05, 3.63) is 90.5 Å². The molecule has 0 aliphatic rings. The van der Waals surface area contributed by atoms with Gasteiger partial charge in [-0.2, -0.15) is 0 Å². The van der Waals surface area contributed by atoms with E-state index in [9.17, 15) is 4.79 Å². The van der Waals surface area contributed by atoms with Gasteiger partial charge in [-0.1, -0.05) is 72.8 Å². The van der Waals surface area contributed by atoms with Gasteiger partial charge in [0.05, 0.1) is 0 Å². The summed E-state index contributed by atoms with van der Waals surface area (Å²) in [7, 11) is 1.84. The maximum absolute atomic E-state index is 12.6. The minimum absolute atomic E-state index is 0.0704. The molecule has 1 atom stereocenters. The molecular weight excluding hydrogens is 320 g/mol. The van der Waals surface area contributed by atoms with Gasteiger partial charge in [-0.25, -0.2) is 0 Å². The lowest BCUT2D eigenvalue weighted by molar-refractivity contribution is -0.130. The summed E-state index contributed by atoms with van der Waals surface area (Å²) >= 11 is 0. The lowest BCUT2D eigenvalue weighted by atomic mass is 10.1. The number of benzene rings is 3. The first-order chi connectivity index (χ1) is 12.6. The lowest BCUT2D eigenvalue weighted by Crippen LogP contribution is -2.38. The first-order valence-electron chi connectivity index (χ1n) is 8.84. The number of anilines is 1. The minimum Gasteiger partial charge on any atom is -0.374 e. The van der Waals surface area contributed by atoms with Gasteiger partial charge in [0, 0.05) is 19.3 Å². The van der Waals surface area contributed by atoms with Crippen LogP contribution in [0.4, 0.5) is 5.69 Å². The van der Waals surface area contributed by atoms with Crippen molar-refractivity contribution >= 4 is 11.6 Å². The molecule has 0 unspecified atom stereocenters. The van der Waals surface area contributed by atoms with Gasteiger partial charge < -0.3 is 10.2 Å². The normalized spacial score (nSPS) is 11.6. The molecule has 0 saturated heterocycles. The van der Waals surface area contributed by atoms with Crippen molar-refractivity contribution in [1.29, 1.82) is 0 Å². The van der Waals surface area contributed by atoms with Gasteiger partial charge >= 0.3 is 0 Å². The number of rotatable bonds is 6. The van der Waals surface area contributed by atoms with Crippen LogP contribution in [-0.4, -0.2) is 23.9 Å². The molecule has 3 nitrogen and oxygen atoms in total. The van der Waals surface area contributed by atoms with Gasteiger partial charge in [-0.3, -0.25) is 4.79 Å². The number of carbonyl (C=O) groups excluding carboxylic acids is 1. The molecule has 3 heteroatoms. The van der Waals surface area contributed by atoms with Crippen LogP contribution in [0, 0.1) is 0 Å². The molecule has 0 aromatic heterocycles. The molecule has 0 fully saturated rings. The zero-order valence-corrected chi connectivity index (χ0v) is 15.2. The molecule has 1 N–H and O–H groups in total. The molecule has 1 amide bonds. The van der Waals surface area contributed by atoms with Gasteiger partial charge in [0.15, 0.2) is 0 Å². The van der Waals surface area contributed by atoms with E-state index in [2.05, 4.69) is 29.6 Å². The summed E-state index contributed by atoms with van der Waals surface area (Å²) < 4.78 is 0. The fraction of sp³-hybridized carbons (Fsp3) is 0.174. The highest BCUT2D eigenvalue weighted by Crippen LogP contribution is 2.21. The number of amides is 1. The van der Waals surface area contributed by atoms with Crippen LogP contribution in [0.1, 0.15) is 12.5 Å². The number of likely N-dealkylation sites (N-methyl/N-ethyl adjacent to an activating group) is 1. The first-order valence-corrected chi connectivity index (χ1v) is 8.84. The van der Waals surface area contributed by atoms with Crippen LogP contribution in [0.25, 0.3) is 11.1 Å². The quantitative estimate of drug-likeness (QED) is 0.696. The Hall–Kier alpha value is -3.07. The van der Waals surface area contributed by atoms with Crippen molar-refractivity contribution in [3.8, 4) is 11.1 Å². The van der Waals surface area contributed by atoms with Crippen molar-refractivity contribution in [2.45, 2.75) is 19.5 Å². The van der Waals surface area contributed by atoms with Crippen LogP contribution in [-0.2, 0) is 11.3 Å². The molecule has 3 rings (SSSR count). The molecule has 0 spiro atoms. The standard InChI is InChI=1S/C23H24N2O/c1-18(23(26)25(2)17-19-9-5-3-6-10-19)24-22-15-13-21(14-16-22)20-11-7-4-8-12-20/h3-16,18,24H,17H2,1-2H3/t18-/m1/s1. The summed E-state index contributed by atoms with van der Waals surface area (Å²) in [6.07, 6.45) is 0. The third-order valence-corrected chi connectivity index (χ3v) is 4.38. The zero-order chi connectivity index (χ0) is 18.4. The summed E-state index contributed by atoms with van der Waals surface area (Å²) in [4.78, 5) is 14.4. The summed E-state index contributed by atoms with van der Waals surface area (Å²) in [6, 6.07) is 28.2. The summed E-state index contributed by atoms with van der Waals surface area (Å²) in [5.74, 6) is 0.0704. The Morgan fingerprint density at radius 1 is 0.846 bits per heavy atom. The van der Waals surface area contributed by atoms with Crippen molar-refractivity contribution in [2.75, 3.05) is 12.4 Å². The third-order valence-electron chi connectivity index (χ3n) is 4.38. The molecule has 3 aromatic rings. The second kappa shape index (κ2) is 8.34. The highest BCUT2D eigenvalue weighted by molar-refractivity contribution is 5.84. The molecule has 3 aromatic carbocycles. The Bertz CT molecular complexity index is 829. The van der Waals surface area contributed by atoms with E-state index in [0.717, 1.165) is 16.8 Å². The molecule has 0 aliphatic heterocycles. The largest absolute Gasteiger partial charge is 0.374 e. The van der Waals surface area contributed by atoms with Crippen LogP contribution >= 0.6 is 0 Å². The molecule has 132 valence electrons. The zero-order valence-electron chi connectivity index (χ0n) is 15.2. The van der Waals surface area contributed by atoms with E-state index >= 15 is 0 Å². The van der Waals surface area contributed by atoms with Crippen LogP contribution < -0.4 is 5.32 Å². The van der Waals surface area contributed by atoms with E-state index in [-0.39, 0.29) is 11.9 Å². The highest BCUT2D eigenvalue weighted by Gasteiger charge is 2.17. The first kappa shape index (κ1) is 17.7. The predicted molar refractivity (Wildman–Crippen MR) is 108 cm³/mol. The van der Waals surface area contributed by atoms with Gasteiger partial charge in [0.25, 0.3) is 0 Å². The highest BCUT2D eigenvalue weighted by atomic mass is 16.2. The van der Waals surface area contributed by atoms with E-state index in [1.807, 2.05) is 74.6 Å². The predicted octanol–water partition coefficient (Wildman–Crippen LogP) is 4.81. The average molecular weight is 344 g/mol. The monoisotopic (exact) mass is 344 g/mol. The van der Waals surface area contributed by atoms with Crippen molar-refractivity contribution < 1.29 is 4.79 Å². The summed E-state index contributed by atoms with van der Waals surface area (Å²) in [5.41, 5.74) is 4.42. The molecular formula is C23H24N2O. The van der Waals surface area contributed by atoms with E-state index in [0.29, 0.717) is 6.54 Å². The molecule has 0 heterocycles. The number of carbonyl (C=O) groups is 1. The fourth-order valence-electron chi connectivity index (χ4n) is 2.97. The fourth-order valence-corrected chi connectivity index (χ4v) is 2.97. The molecule has 0 saturated carbocycles. The number of hydrogen-bond donors (Lipinski definition) is 1. The third kappa shape index (κ3) is 4.51. The molecule has 0 bridgehead atoms. The van der Waals surface area contributed by atoms with Crippen LogP contribution in [0.5, 0.6) is 0 Å². The number of nitrogens with one attached hydrogen (secondary N) is 1. The maximum atomic E-state index is 12.6. The smallest absolute Gasteiger partial charge is 0.244 e. The number of nitrogens with zero attached hydrogens (tertiary/aromatic N) is 1. The van der Waals surface area contributed by atoms with E-state index in [1.165, 1.54) is 5.56 Å². The SMILES string of the molecule is C[C@@H](Nc1ccc(-c2ccccc2)cc1)C(=O)N(C)Cc1ccccc1. The van der Waals surface area contributed by atoms with Gasteiger partial charge in [0.1, 0.15) is 6.04 Å². The van der Waals surface area contributed by atoms with E-state index < -0.39 is 0 Å². The van der Waals surface area contributed by atoms with Crippen LogP contribution in [0.2, 0.25) is 0 Å². The van der Waals surface area contributed by atoms with Crippen molar-refractivity contribution in [2.24, 2.45) is 0 Å². The second-order valence-corrected chi connectivity index (χ2v) is 6.49. The molecule has 0 radical (unpaired) electrons. The van der Waals surface area contributed by atoms with Crippen LogP contribution in [0.3, 0.4) is 0 Å². The van der Waals surface area contributed by atoms with Gasteiger partial charge in [-0.05, 0) is 35.7 Å². The van der Waals surface area contributed by atoms with Crippen LogP contribution in [0.15, 0.2) is 84.9 Å². The van der Waals surface area contributed by atoms with Gasteiger partial charge in [0.2, 0.25) is 5.91 Å². The minimum atomic E-state index is -0.286. The Morgan fingerprint density at radius 3 is 2.00 bits per heavy atom. The Balaban J connectivity index is 1.60. The van der Waals surface area contributed by atoms with Crippen molar-refractivity contribution in [3.63, 3.8) is 0 Å². The number of hydrogen-bond acceptors (Lipinski definition) is 2. The topological polar surface area (TPSA) is 32.3 Å². The molecule has 26 heavy (non-hydrogen) atoms. The van der Waals surface area contributed by atoms with Crippen molar-refractivity contribution in [1.82, 2.24) is 4.90 Å². The Labute approximate surface area is 155 Å². The Kier molecular flexibility index (Phi) is 5.69. The molecule has 0 aliphatic carbocycles. The Morgan fingerprint density at radius 2 is 1.38 bits per heavy atom. The summed E-state index contributed by atoms with van der Waals surface area (Å²) in [5, 5.41) is 3.30. The van der Waals surface area contributed by atoms with Gasteiger partial charge in [-0.15, -0.1) is 0 Å². The van der Waals surface area contributed by atoms with E-state index in [4.69, 9.17) is 0 Å². The van der Waals surface area contributed by atoms with E-state index in [1.54, 1.807) is 4.90 Å². The second-order valence-electron chi connectivity index (χ2n) is 6.49. The average Bonchev–Trinajstić information content (AvgIpc) is 2.69. The lowest BCUT2D eigenvalue weighted by Gasteiger charge is -2.23. The maximum Gasteiger partial charge on any atom is 0.244 e. The summed E-state index contributed by atoms with van der Waals surface area (Å²) in [6.45, 7) is 2.51.